The highest BCUT2D eigenvalue weighted by Crippen LogP contribution is 2.26. The first-order chi connectivity index (χ1) is 16.1. The van der Waals surface area contributed by atoms with E-state index in [1.807, 2.05) is 54.7 Å². The second kappa shape index (κ2) is 9.04. The van der Waals surface area contributed by atoms with Crippen LogP contribution in [0.25, 0.3) is 10.8 Å². The monoisotopic (exact) mass is 437 g/mol. The predicted octanol–water partition coefficient (Wildman–Crippen LogP) is 5.82. The van der Waals surface area contributed by atoms with Gasteiger partial charge in [-0.15, -0.1) is 0 Å². The summed E-state index contributed by atoms with van der Waals surface area (Å²) in [6, 6.07) is 27.4. The van der Waals surface area contributed by atoms with Gasteiger partial charge in [-0.3, -0.25) is 9.48 Å². The molecule has 0 saturated carbocycles. The van der Waals surface area contributed by atoms with Gasteiger partial charge in [0.05, 0.1) is 6.54 Å². The van der Waals surface area contributed by atoms with Crippen LogP contribution in [0.2, 0.25) is 0 Å². The number of anilines is 1. The summed E-state index contributed by atoms with van der Waals surface area (Å²) in [5, 5.41) is 9.35. The Balaban J connectivity index is 1.20. The van der Waals surface area contributed by atoms with Crippen LogP contribution in [0.15, 0.2) is 95.5 Å². The summed E-state index contributed by atoms with van der Waals surface area (Å²) in [5.74, 6) is 1.66. The normalized spacial score (nSPS) is 10.9. The van der Waals surface area contributed by atoms with E-state index in [1.54, 1.807) is 22.9 Å². The van der Waals surface area contributed by atoms with Gasteiger partial charge in [0.25, 0.3) is 5.91 Å². The van der Waals surface area contributed by atoms with E-state index in [9.17, 15) is 4.79 Å². The van der Waals surface area contributed by atoms with Gasteiger partial charge in [-0.2, -0.15) is 5.10 Å². The van der Waals surface area contributed by atoms with Gasteiger partial charge < -0.3 is 14.5 Å². The molecule has 2 aromatic heterocycles. The van der Waals surface area contributed by atoms with Gasteiger partial charge in [-0.05, 0) is 36.1 Å². The van der Waals surface area contributed by atoms with Gasteiger partial charge >= 0.3 is 0 Å². The van der Waals surface area contributed by atoms with Gasteiger partial charge in [0, 0.05) is 17.6 Å². The number of aromatic nitrogens is 2. The summed E-state index contributed by atoms with van der Waals surface area (Å²) >= 11 is 0. The van der Waals surface area contributed by atoms with Crippen LogP contribution in [0.4, 0.5) is 5.82 Å². The number of ether oxygens (including phenoxy) is 1. The maximum absolute atomic E-state index is 12.6. The van der Waals surface area contributed by atoms with Crippen molar-refractivity contribution in [3.05, 3.63) is 114 Å². The first-order valence-corrected chi connectivity index (χ1v) is 10.7. The summed E-state index contributed by atoms with van der Waals surface area (Å²) in [5.41, 5.74) is 2.35. The third kappa shape index (κ3) is 4.80. The van der Waals surface area contributed by atoms with Crippen LogP contribution in [-0.2, 0) is 13.2 Å². The second-order valence-electron chi connectivity index (χ2n) is 7.87. The zero-order chi connectivity index (χ0) is 22.6. The predicted molar refractivity (Wildman–Crippen MR) is 127 cm³/mol. The Bertz CT molecular complexity index is 1410. The number of carbonyl (C=O) groups excluding carboxylic acids is 1. The van der Waals surface area contributed by atoms with Crippen molar-refractivity contribution >= 4 is 22.5 Å². The molecule has 1 amide bonds. The molecule has 3 aromatic carbocycles. The lowest BCUT2D eigenvalue weighted by molar-refractivity contribution is 0.0992. The van der Waals surface area contributed by atoms with Crippen LogP contribution < -0.4 is 10.1 Å². The number of rotatable bonds is 7. The van der Waals surface area contributed by atoms with Crippen molar-refractivity contribution in [3.8, 4) is 5.75 Å². The van der Waals surface area contributed by atoms with E-state index in [-0.39, 0.29) is 18.3 Å². The molecule has 0 unspecified atom stereocenters. The summed E-state index contributed by atoms with van der Waals surface area (Å²) < 4.78 is 13.4. The van der Waals surface area contributed by atoms with Crippen molar-refractivity contribution < 1.29 is 13.9 Å². The van der Waals surface area contributed by atoms with Crippen molar-refractivity contribution in [2.24, 2.45) is 0 Å². The molecule has 0 aliphatic heterocycles. The minimum Gasteiger partial charge on any atom is -0.485 e. The van der Waals surface area contributed by atoms with Gasteiger partial charge in [0.1, 0.15) is 18.1 Å². The number of hydrogen-bond acceptors (Lipinski definition) is 4. The fourth-order valence-corrected chi connectivity index (χ4v) is 3.74. The third-order valence-electron chi connectivity index (χ3n) is 5.31. The SMILES string of the molecule is Cc1cccc(Cn2ccc(NC(=O)c3ccc(COc4cccc5ccccc45)o3)n2)c1. The number of furan rings is 1. The first-order valence-electron chi connectivity index (χ1n) is 10.7. The number of fused-ring (bicyclic) bond motifs is 1. The summed E-state index contributed by atoms with van der Waals surface area (Å²) in [4.78, 5) is 12.6. The average molecular weight is 437 g/mol. The molecule has 1 N–H and O–H groups in total. The van der Waals surface area contributed by atoms with E-state index < -0.39 is 0 Å². The maximum Gasteiger partial charge on any atom is 0.292 e. The van der Waals surface area contributed by atoms with E-state index in [0.29, 0.717) is 18.1 Å². The first kappa shape index (κ1) is 20.6. The zero-order valence-electron chi connectivity index (χ0n) is 18.2. The maximum atomic E-state index is 12.6. The molecular formula is C27H23N3O3. The lowest BCUT2D eigenvalue weighted by atomic mass is 10.1. The Morgan fingerprint density at radius 1 is 1.00 bits per heavy atom. The molecule has 0 aliphatic carbocycles. The lowest BCUT2D eigenvalue weighted by Gasteiger charge is -2.07. The molecule has 0 bridgehead atoms. The Morgan fingerprint density at radius 2 is 1.85 bits per heavy atom. The van der Waals surface area contributed by atoms with Crippen molar-refractivity contribution in [1.29, 1.82) is 0 Å². The number of nitrogens with zero attached hydrogens (tertiary/aromatic N) is 2. The summed E-state index contributed by atoms with van der Waals surface area (Å²) in [7, 11) is 0. The average Bonchev–Trinajstić information content (AvgIpc) is 3.47. The summed E-state index contributed by atoms with van der Waals surface area (Å²) in [6.07, 6.45) is 1.84. The van der Waals surface area contributed by atoms with Crippen LogP contribution >= 0.6 is 0 Å². The van der Waals surface area contributed by atoms with Crippen molar-refractivity contribution in [2.45, 2.75) is 20.1 Å². The molecule has 0 radical (unpaired) electrons. The molecule has 0 atom stereocenters. The Labute approximate surface area is 191 Å². The Hall–Kier alpha value is -4.32. The highest BCUT2D eigenvalue weighted by atomic mass is 16.5. The van der Waals surface area contributed by atoms with Crippen molar-refractivity contribution in [2.75, 3.05) is 5.32 Å². The smallest absolute Gasteiger partial charge is 0.292 e. The van der Waals surface area contributed by atoms with E-state index in [1.165, 1.54) is 5.56 Å². The zero-order valence-corrected chi connectivity index (χ0v) is 18.2. The molecule has 5 aromatic rings. The largest absolute Gasteiger partial charge is 0.485 e. The number of nitrogens with one attached hydrogen (secondary N) is 1. The van der Waals surface area contributed by atoms with E-state index in [0.717, 1.165) is 22.1 Å². The van der Waals surface area contributed by atoms with Crippen LogP contribution in [0.5, 0.6) is 5.75 Å². The minimum absolute atomic E-state index is 0.208. The molecule has 6 nitrogen and oxygen atoms in total. The molecule has 0 saturated heterocycles. The van der Waals surface area contributed by atoms with Crippen LogP contribution in [0.3, 0.4) is 0 Å². The standard InChI is InChI=1S/C27H23N3O3/c1-19-6-4-7-20(16-19)17-30-15-14-26(29-30)28-27(31)25-13-12-22(33-25)18-32-24-11-5-9-21-8-2-3-10-23(21)24/h2-16H,17-18H2,1H3,(H,28,29,31). The Morgan fingerprint density at radius 3 is 2.76 bits per heavy atom. The van der Waals surface area contributed by atoms with Crippen LogP contribution in [0.1, 0.15) is 27.4 Å². The van der Waals surface area contributed by atoms with Crippen molar-refractivity contribution in [3.63, 3.8) is 0 Å². The molecule has 2 heterocycles. The van der Waals surface area contributed by atoms with Crippen LogP contribution in [0, 0.1) is 6.92 Å². The second-order valence-corrected chi connectivity index (χ2v) is 7.87. The molecule has 33 heavy (non-hydrogen) atoms. The highest BCUT2D eigenvalue weighted by Gasteiger charge is 2.14. The molecule has 164 valence electrons. The lowest BCUT2D eigenvalue weighted by Crippen LogP contribution is -2.12. The number of carbonyl (C=O) groups is 1. The van der Waals surface area contributed by atoms with E-state index in [2.05, 4.69) is 35.5 Å². The highest BCUT2D eigenvalue weighted by molar-refractivity contribution is 6.01. The van der Waals surface area contributed by atoms with Crippen molar-refractivity contribution in [1.82, 2.24) is 9.78 Å². The van der Waals surface area contributed by atoms with E-state index in [4.69, 9.17) is 9.15 Å². The fourth-order valence-electron chi connectivity index (χ4n) is 3.74. The summed E-state index contributed by atoms with van der Waals surface area (Å²) in [6.45, 7) is 2.92. The fraction of sp³-hybridized carbons (Fsp3) is 0.111. The minimum atomic E-state index is -0.354. The van der Waals surface area contributed by atoms with Gasteiger partial charge in [0.2, 0.25) is 0 Å². The molecular weight excluding hydrogens is 414 g/mol. The van der Waals surface area contributed by atoms with Gasteiger partial charge in [0.15, 0.2) is 11.6 Å². The molecule has 0 fully saturated rings. The van der Waals surface area contributed by atoms with Crippen LogP contribution in [-0.4, -0.2) is 15.7 Å². The molecule has 0 aliphatic rings. The number of aryl methyl sites for hydroxylation is 1. The quantitative estimate of drug-likeness (QED) is 0.348. The van der Waals surface area contributed by atoms with Gasteiger partial charge in [-0.25, -0.2) is 0 Å². The third-order valence-corrected chi connectivity index (χ3v) is 5.31. The molecule has 6 heteroatoms. The number of amides is 1. The topological polar surface area (TPSA) is 69.3 Å². The van der Waals surface area contributed by atoms with Gasteiger partial charge in [-0.1, -0.05) is 66.2 Å². The Kier molecular flexibility index (Phi) is 5.64. The number of benzene rings is 3. The molecule has 5 rings (SSSR count). The number of hydrogen-bond donors (Lipinski definition) is 1. The van der Waals surface area contributed by atoms with E-state index >= 15 is 0 Å². The molecule has 0 spiro atoms.